The second-order valence-corrected chi connectivity index (χ2v) is 5.96. The van der Waals surface area contributed by atoms with Crippen LogP contribution >= 0.6 is 11.6 Å². The molecule has 0 bridgehead atoms. The largest absolute Gasteiger partial charge is 0.491 e. The van der Waals surface area contributed by atoms with Gasteiger partial charge in [-0.05, 0) is 17.7 Å². The van der Waals surface area contributed by atoms with Crippen molar-refractivity contribution in [3.8, 4) is 23.4 Å². The van der Waals surface area contributed by atoms with Crippen LogP contribution in [0.5, 0.6) is 0 Å². The molecule has 0 radical (unpaired) electrons. The van der Waals surface area contributed by atoms with E-state index in [0.29, 0.717) is 10.6 Å². The topological polar surface area (TPSA) is 107 Å². The van der Waals surface area contributed by atoms with E-state index in [9.17, 15) is 49.1 Å². The second-order valence-electron chi connectivity index (χ2n) is 5.53. The molecule has 0 aliphatic carbocycles. The van der Waals surface area contributed by atoms with Gasteiger partial charge in [0, 0.05) is 5.02 Å². The summed E-state index contributed by atoms with van der Waals surface area (Å²) in [7, 11) is 0. The van der Waals surface area contributed by atoms with Crippen LogP contribution < -0.4 is 0 Å². The van der Waals surface area contributed by atoms with Gasteiger partial charge in [0.05, 0.1) is 11.3 Å². The minimum absolute atomic E-state index is 0.0481. The molecule has 0 fully saturated rings. The van der Waals surface area contributed by atoms with Crippen LogP contribution in [-0.4, -0.2) is 29.3 Å². The van der Waals surface area contributed by atoms with Crippen LogP contribution in [0, 0.1) is 22.7 Å². The van der Waals surface area contributed by atoms with Crippen molar-refractivity contribution >= 4 is 23.5 Å². The van der Waals surface area contributed by atoms with E-state index in [1.165, 1.54) is 30.3 Å². The van der Waals surface area contributed by atoms with E-state index < -0.39 is 41.7 Å². The molecule has 0 aliphatic rings. The van der Waals surface area contributed by atoms with Gasteiger partial charge in [-0.3, -0.25) is 0 Å². The summed E-state index contributed by atoms with van der Waals surface area (Å²) >= 11 is 5.70. The maximum Gasteiger partial charge on any atom is 0.491 e. The molecule has 0 saturated carbocycles. The molecule has 1 N–H and O–H groups in total. The minimum Gasteiger partial charge on any atom is -0.380 e. The third-order valence-electron chi connectivity index (χ3n) is 3.29. The lowest BCUT2D eigenvalue weighted by molar-refractivity contribution is -0.221. The molecule has 0 amide bonds. The zero-order chi connectivity index (χ0) is 25.8. The number of aromatic nitrogens is 1. The van der Waals surface area contributed by atoms with E-state index in [-0.39, 0.29) is 11.3 Å². The van der Waals surface area contributed by atoms with E-state index in [1.54, 1.807) is 6.07 Å². The van der Waals surface area contributed by atoms with Gasteiger partial charge in [-0.15, -0.1) is 0 Å². The van der Waals surface area contributed by atoms with E-state index in [4.69, 9.17) is 22.1 Å². The Morgan fingerprint density at radius 2 is 1.24 bits per heavy atom. The number of hydrogen-bond acceptors (Lipinski definition) is 5. The third kappa shape index (κ3) is 7.15. The Hall–Kier alpha value is -3.72. The lowest BCUT2D eigenvalue weighted by Gasteiger charge is -2.06. The van der Waals surface area contributed by atoms with Crippen molar-refractivity contribution in [1.29, 1.82) is 10.5 Å². The van der Waals surface area contributed by atoms with Crippen LogP contribution in [0.1, 0.15) is 16.8 Å². The fourth-order valence-corrected chi connectivity index (χ4v) is 2.10. The SMILES string of the molecule is N#Cc1c(-c2ccc(Cl)cc2)[nH]c(C(F)(F)F)c1C#N.O=C(OC(=O)C(F)(F)F)C(F)(F)F. The molecule has 0 atom stereocenters. The summed E-state index contributed by atoms with van der Waals surface area (Å²) in [4.78, 5) is 21.4. The van der Waals surface area contributed by atoms with Gasteiger partial charge in [0.1, 0.15) is 23.4 Å². The number of carbonyl (C=O) groups excluding carboxylic acids is 2. The molecule has 6 nitrogen and oxygen atoms in total. The first-order chi connectivity index (χ1) is 14.9. The first-order valence-corrected chi connectivity index (χ1v) is 8.10. The van der Waals surface area contributed by atoms with E-state index in [0.717, 1.165) is 0 Å². The van der Waals surface area contributed by atoms with Crippen molar-refractivity contribution in [1.82, 2.24) is 4.98 Å². The number of carbonyl (C=O) groups is 2. The molecule has 1 heterocycles. The number of nitriles is 2. The predicted octanol–water partition coefficient (Wildman–Crippen LogP) is 5.28. The van der Waals surface area contributed by atoms with Crippen molar-refractivity contribution in [2.75, 3.05) is 0 Å². The summed E-state index contributed by atoms with van der Waals surface area (Å²) in [5.74, 6) is -6.40. The normalized spacial score (nSPS) is 11.5. The maximum atomic E-state index is 12.8. The van der Waals surface area contributed by atoms with E-state index >= 15 is 0 Å². The van der Waals surface area contributed by atoms with Crippen LogP contribution in [0.4, 0.5) is 39.5 Å². The van der Waals surface area contributed by atoms with Crippen molar-refractivity contribution in [2.24, 2.45) is 0 Å². The van der Waals surface area contributed by atoms with Crippen LogP contribution in [-0.2, 0) is 20.5 Å². The number of H-pyrrole nitrogens is 1. The fourth-order valence-electron chi connectivity index (χ4n) is 1.97. The number of esters is 2. The Balaban J connectivity index is 0.000000366. The summed E-state index contributed by atoms with van der Waals surface area (Å²) < 4.78 is 108. The zero-order valence-electron chi connectivity index (χ0n) is 15.2. The first kappa shape index (κ1) is 27.3. The number of halogens is 10. The number of nitrogens with one attached hydrogen (secondary N) is 1. The number of aromatic amines is 1. The molecule has 0 unspecified atom stereocenters. The Labute approximate surface area is 181 Å². The molecular formula is C17H5ClF9N3O3. The molecule has 2 aromatic rings. The fraction of sp³-hybridized carbons (Fsp3) is 0.176. The third-order valence-corrected chi connectivity index (χ3v) is 3.54. The monoisotopic (exact) mass is 505 g/mol. The Kier molecular flexibility index (Phi) is 8.13. The summed E-state index contributed by atoms with van der Waals surface area (Å²) in [5, 5.41) is 18.3. The van der Waals surface area contributed by atoms with Crippen LogP contribution in [0.25, 0.3) is 11.3 Å². The number of nitrogens with zero attached hydrogens (tertiary/aromatic N) is 2. The molecular weight excluding hydrogens is 501 g/mol. The van der Waals surface area contributed by atoms with Gasteiger partial charge in [-0.2, -0.15) is 50.0 Å². The van der Waals surface area contributed by atoms with Gasteiger partial charge < -0.3 is 9.72 Å². The van der Waals surface area contributed by atoms with Crippen molar-refractivity contribution < 1.29 is 53.8 Å². The van der Waals surface area contributed by atoms with Crippen molar-refractivity contribution in [2.45, 2.75) is 18.5 Å². The van der Waals surface area contributed by atoms with Crippen molar-refractivity contribution in [3.05, 3.63) is 46.1 Å². The van der Waals surface area contributed by atoms with Gasteiger partial charge in [0.25, 0.3) is 0 Å². The standard InChI is InChI=1S/C13H5ClF3N3.C4F6O3/c14-8-3-1-7(2-4-8)11-9(5-18)10(6-19)12(20-11)13(15,16)17;5-3(6,7)1(11)13-2(12)4(8,9)10/h1-4,20H;. The summed E-state index contributed by atoms with van der Waals surface area (Å²) in [6.07, 6.45) is -16.0. The molecule has 176 valence electrons. The number of alkyl halides is 9. The zero-order valence-corrected chi connectivity index (χ0v) is 16.0. The molecule has 1 aromatic carbocycles. The molecule has 33 heavy (non-hydrogen) atoms. The average molecular weight is 506 g/mol. The quantitative estimate of drug-likeness (QED) is 0.322. The second kappa shape index (κ2) is 9.83. The minimum atomic E-state index is -5.62. The van der Waals surface area contributed by atoms with Crippen LogP contribution in [0.2, 0.25) is 5.02 Å². The Bertz CT molecular complexity index is 1100. The molecule has 0 saturated heterocycles. The molecule has 1 aromatic heterocycles. The highest BCUT2D eigenvalue weighted by Crippen LogP contribution is 2.37. The van der Waals surface area contributed by atoms with E-state index in [1.807, 2.05) is 0 Å². The summed E-state index contributed by atoms with van der Waals surface area (Å²) in [6.45, 7) is 0. The van der Waals surface area contributed by atoms with Crippen molar-refractivity contribution in [3.63, 3.8) is 0 Å². The Morgan fingerprint density at radius 1 is 0.818 bits per heavy atom. The van der Waals surface area contributed by atoms with Gasteiger partial charge in [-0.1, -0.05) is 23.7 Å². The number of rotatable bonds is 1. The Morgan fingerprint density at radius 3 is 1.58 bits per heavy atom. The van der Waals surface area contributed by atoms with Gasteiger partial charge in [0.15, 0.2) is 0 Å². The van der Waals surface area contributed by atoms with E-state index in [2.05, 4.69) is 9.72 Å². The smallest absolute Gasteiger partial charge is 0.380 e. The lowest BCUT2D eigenvalue weighted by Crippen LogP contribution is -2.34. The maximum absolute atomic E-state index is 12.8. The molecule has 0 aliphatic heterocycles. The molecule has 16 heteroatoms. The van der Waals surface area contributed by atoms with Gasteiger partial charge in [-0.25, -0.2) is 9.59 Å². The molecule has 2 rings (SSSR count). The predicted molar refractivity (Wildman–Crippen MR) is 88.9 cm³/mol. The highest BCUT2D eigenvalue weighted by Gasteiger charge is 2.49. The van der Waals surface area contributed by atoms with Gasteiger partial charge in [0.2, 0.25) is 0 Å². The first-order valence-electron chi connectivity index (χ1n) is 7.72. The lowest BCUT2D eigenvalue weighted by atomic mass is 10.1. The molecule has 0 spiro atoms. The summed E-state index contributed by atoms with van der Waals surface area (Å²) in [5.41, 5.74) is -1.96. The average Bonchev–Trinajstić information content (AvgIpc) is 3.06. The van der Waals surface area contributed by atoms with Crippen LogP contribution in [0.3, 0.4) is 0 Å². The highest BCUT2D eigenvalue weighted by molar-refractivity contribution is 6.30. The number of ether oxygens (including phenoxy) is 1. The number of hydrogen-bond donors (Lipinski definition) is 1. The number of benzene rings is 1. The summed E-state index contributed by atoms with van der Waals surface area (Å²) in [6, 6.07) is 8.96. The highest BCUT2D eigenvalue weighted by atomic mass is 35.5. The van der Waals surface area contributed by atoms with Crippen LogP contribution in [0.15, 0.2) is 24.3 Å². The van der Waals surface area contributed by atoms with Gasteiger partial charge >= 0.3 is 30.5 Å².